The van der Waals surface area contributed by atoms with Gasteiger partial charge >= 0.3 is 0 Å². The third-order valence-corrected chi connectivity index (χ3v) is 8.96. The molecule has 1 aromatic heterocycles. The molecule has 1 saturated heterocycles. The molecule has 1 amide bonds. The molecule has 1 aliphatic heterocycles. The Morgan fingerprint density at radius 1 is 1.12 bits per heavy atom. The highest BCUT2D eigenvalue weighted by Crippen LogP contribution is 2.22. The van der Waals surface area contributed by atoms with Crippen LogP contribution in [0.1, 0.15) is 49.5 Å². The molecule has 0 N–H and O–H groups in total. The van der Waals surface area contributed by atoms with Crippen molar-refractivity contribution in [2.45, 2.75) is 57.1 Å². The van der Waals surface area contributed by atoms with E-state index in [-0.39, 0.29) is 17.1 Å². The molecule has 2 heterocycles. The quantitative estimate of drug-likeness (QED) is 0.509. The number of unbranched alkanes of at least 4 members (excludes halogenated alkanes) is 1. The second-order valence-electron chi connectivity index (χ2n) is 8.87. The number of aryl methyl sites for hydroxylation is 2. The largest absolute Gasteiger partial charge is 0.373 e. The number of fused-ring (bicyclic) bond motifs is 1. The van der Waals surface area contributed by atoms with Gasteiger partial charge in [-0.15, -0.1) is 0 Å². The lowest BCUT2D eigenvalue weighted by Crippen LogP contribution is -2.48. The van der Waals surface area contributed by atoms with Gasteiger partial charge in [0, 0.05) is 25.7 Å². The van der Waals surface area contributed by atoms with E-state index in [4.69, 9.17) is 4.74 Å². The number of nitrogens with zero attached hydrogens (tertiary/aromatic N) is 3. The van der Waals surface area contributed by atoms with E-state index in [0.29, 0.717) is 23.5 Å². The number of carbonyl (C=O) groups excluding carboxylic acids is 1. The first-order chi connectivity index (χ1) is 16.2. The maximum Gasteiger partial charge on any atom is 0.279 e. The van der Waals surface area contributed by atoms with Crippen LogP contribution in [0.5, 0.6) is 0 Å². The highest BCUT2D eigenvalue weighted by molar-refractivity contribution is 7.89. The van der Waals surface area contributed by atoms with E-state index < -0.39 is 15.9 Å². The molecule has 0 radical (unpaired) electrons. The third kappa shape index (κ3) is 5.17. The summed E-state index contributed by atoms with van der Waals surface area (Å²) in [5.74, 6) is -0.397. The highest BCUT2D eigenvalue weighted by atomic mass is 32.2. The smallest absolute Gasteiger partial charge is 0.279 e. The van der Waals surface area contributed by atoms with E-state index in [1.54, 1.807) is 0 Å². The molecule has 2 aromatic carbocycles. The Kier molecular flexibility index (Phi) is 7.37. The molecular formula is C25H31N3O4S2. The second kappa shape index (κ2) is 10.1. The summed E-state index contributed by atoms with van der Waals surface area (Å²) in [5, 5.41) is 0. The Bertz CT molecular complexity index is 1350. The van der Waals surface area contributed by atoms with E-state index in [1.807, 2.05) is 25.5 Å². The van der Waals surface area contributed by atoms with Crippen molar-refractivity contribution in [1.82, 2.24) is 8.87 Å². The molecule has 34 heavy (non-hydrogen) atoms. The van der Waals surface area contributed by atoms with Crippen molar-refractivity contribution >= 4 is 37.5 Å². The van der Waals surface area contributed by atoms with Crippen molar-refractivity contribution in [2.24, 2.45) is 12.0 Å². The summed E-state index contributed by atoms with van der Waals surface area (Å²) in [7, 11) is -1.76. The summed E-state index contributed by atoms with van der Waals surface area (Å²) in [6.07, 6.45) is 3.01. The van der Waals surface area contributed by atoms with Gasteiger partial charge in [-0.2, -0.15) is 9.30 Å². The van der Waals surface area contributed by atoms with Crippen LogP contribution in [-0.2, 0) is 28.2 Å². The number of hydrogen-bond acceptors (Lipinski definition) is 5. The lowest BCUT2D eigenvalue weighted by Gasteiger charge is -2.34. The topological polar surface area (TPSA) is 81.0 Å². The minimum atomic E-state index is -3.65. The normalized spacial score (nSPS) is 20.2. The van der Waals surface area contributed by atoms with Crippen molar-refractivity contribution in [3.63, 3.8) is 0 Å². The van der Waals surface area contributed by atoms with Gasteiger partial charge in [0.05, 0.1) is 27.3 Å². The molecule has 3 aromatic rings. The number of benzene rings is 2. The van der Waals surface area contributed by atoms with Gasteiger partial charge < -0.3 is 9.30 Å². The summed E-state index contributed by atoms with van der Waals surface area (Å²) in [5.41, 5.74) is 2.67. The molecule has 1 aliphatic rings. The Hall–Kier alpha value is -2.33. The summed E-state index contributed by atoms with van der Waals surface area (Å²) in [4.78, 5) is 18.0. The van der Waals surface area contributed by atoms with Crippen LogP contribution in [0.15, 0.2) is 52.4 Å². The number of ether oxygens (including phenoxy) is 1. The zero-order valence-corrected chi connectivity index (χ0v) is 21.7. The van der Waals surface area contributed by atoms with Crippen molar-refractivity contribution in [3.8, 4) is 0 Å². The van der Waals surface area contributed by atoms with Crippen molar-refractivity contribution in [3.05, 3.63) is 58.4 Å². The van der Waals surface area contributed by atoms with Gasteiger partial charge in [0.15, 0.2) is 4.80 Å². The predicted octanol–water partition coefficient (Wildman–Crippen LogP) is 4.12. The number of sulfonamides is 1. The maximum atomic E-state index is 13.0. The van der Waals surface area contributed by atoms with Crippen LogP contribution in [-0.4, -0.2) is 48.5 Å². The van der Waals surface area contributed by atoms with Crippen LogP contribution in [0.4, 0.5) is 0 Å². The molecule has 0 aliphatic carbocycles. The fraction of sp³-hybridized carbons (Fsp3) is 0.440. The number of aromatic nitrogens is 1. The van der Waals surface area contributed by atoms with E-state index in [1.165, 1.54) is 45.5 Å². The highest BCUT2D eigenvalue weighted by Gasteiger charge is 2.32. The van der Waals surface area contributed by atoms with Gasteiger partial charge in [-0.25, -0.2) is 8.42 Å². The molecule has 0 spiro atoms. The Labute approximate surface area is 204 Å². The van der Waals surface area contributed by atoms with Crippen LogP contribution < -0.4 is 4.80 Å². The molecule has 1 fully saturated rings. The fourth-order valence-electron chi connectivity index (χ4n) is 4.22. The number of morpholine rings is 1. The zero-order chi connectivity index (χ0) is 24.5. The van der Waals surface area contributed by atoms with Crippen LogP contribution in [0.25, 0.3) is 10.2 Å². The number of rotatable bonds is 6. The van der Waals surface area contributed by atoms with Gasteiger partial charge in [-0.3, -0.25) is 4.79 Å². The van der Waals surface area contributed by atoms with E-state index in [0.717, 1.165) is 29.5 Å². The predicted molar refractivity (Wildman–Crippen MR) is 135 cm³/mol. The summed E-state index contributed by atoms with van der Waals surface area (Å²) >= 11 is 1.48. The Morgan fingerprint density at radius 2 is 1.79 bits per heavy atom. The summed E-state index contributed by atoms with van der Waals surface area (Å²) in [6.45, 7) is 6.53. The minimum absolute atomic E-state index is 0.164. The minimum Gasteiger partial charge on any atom is -0.373 e. The fourth-order valence-corrected chi connectivity index (χ4v) is 6.89. The Morgan fingerprint density at radius 3 is 2.44 bits per heavy atom. The van der Waals surface area contributed by atoms with Crippen LogP contribution in [0.3, 0.4) is 0 Å². The summed E-state index contributed by atoms with van der Waals surface area (Å²) in [6, 6.07) is 12.4. The van der Waals surface area contributed by atoms with Gasteiger partial charge in [0.1, 0.15) is 0 Å². The first-order valence-electron chi connectivity index (χ1n) is 11.6. The van der Waals surface area contributed by atoms with Crippen molar-refractivity contribution in [1.29, 1.82) is 0 Å². The van der Waals surface area contributed by atoms with E-state index in [9.17, 15) is 13.2 Å². The second-order valence-corrected chi connectivity index (χ2v) is 11.8. The van der Waals surface area contributed by atoms with Crippen LogP contribution in [0.2, 0.25) is 0 Å². The van der Waals surface area contributed by atoms with Crippen molar-refractivity contribution < 1.29 is 17.9 Å². The monoisotopic (exact) mass is 501 g/mol. The average molecular weight is 502 g/mol. The van der Waals surface area contributed by atoms with Gasteiger partial charge in [0.25, 0.3) is 5.91 Å². The average Bonchev–Trinajstić information content (AvgIpc) is 3.11. The van der Waals surface area contributed by atoms with Crippen molar-refractivity contribution in [2.75, 3.05) is 13.1 Å². The molecule has 0 saturated carbocycles. The van der Waals surface area contributed by atoms with Gasteiger partial charge in [-0.1, -0.05) is 30.7 Å². The molecule has 4 rings (SSSR count). The lowest BCUT2D eigenvalue weighted by atomic mass is 10.1. The Balaban J connectivity index is 1.57. The molecule has 2 unspecified atom stereocenters. The molecule has 2 atom stereocenters. The van der Waals surface area contributed by atoms with E-state index >= 15 is 0 Å². The first-order valence-corrected chi connectivity index (χ1v) is 13.9. The summed E-state index contributed by atoms with van der Waals surface area (Å²) < 4.78 is 36.2. The zero-order valence-electron chi connectivity index (χ0n) is 20.0. The number of carbonyl (C=O) groups is 1. The van der Waals surface area contributed by atoms with Crippen LogP contribution in [0, 0.1) is 0 Å². The van der Waals surface area contributed by atoms with Gasteiger partial charge in [-0.05, 0) is 68.7 Å². The molecule has 9 heteroatoms. The SMILES string of the molecule is CCCCc1ccc2c(c1)sc(=NC(=O)c1ccc(S(=O)(=O)N3CC(C)OC(C)C3)cc1)n2C. The van der Waals surface area contributed by atoms with Gasteiger partial charge in [0.2, 0.25) is 10.0 Å². The standard InChI is InChI=1S/C25H31N3O4S2/c1-5-6-7-19-8-13-22-23(14-19)33-25(27(22)4)26-24(29)20-9-11-21(12-10-20)34(30,31)28-15-17(2)32-18(3)16-28/h8-14,17-18H,5-7,15-16H2,1-4H3. The lowest BCUT2D eigenvalue weighted by molar-refractivity contribution is -0.0440. The van der Waals surface area contributed by atoms with Crippen LogP contribution >= 0.6 is 11.3 Å². The molecular weight excluding hydrogens is 470 g/mol. The maximum absolute atomic E-state index is 13.0. The molecule has 182 valence electrons. The molecule has 7 nitrogen and oxygen atoms in total. The number of hydrogen-bond donors (Lipinski definition) is 0. The first kappa shape index (κ1) is 24.8. The third-order valence-electron chi connectivity index (χ3n) is 6.02. The number of thiazole rings is 1. The number of amides is 1. The van der Waals surface area contributed by atoms with E-state index in [2.05, 4.69) is 30.1 Å². The molecule has 0 bridgehead atoms.